The van der Waals surface area contributed by atoms with Crippen LogP contribution >= 0.6 is 0 Å². The maximum absolute atomic E-state index is 9.70. The summed E-state index contributed by atoms with van der Waals surface area (Å²) < 4.78 is 0. The Hall–Kier alpha value is -2.11. The minimum Gasteiger partial charge on any atom is -0.481 e. The molecule has 0 atom stereocenters. The van der Waals surface area contributed by atoms with E-state index >= 15 is 0 Å². The molecule has 0 saturated heterocycles. The zero-order chi connectivity index (χ0) is 15.5. The van der Waals surface area contributed by atoms with Gasteiger partial charge in [-0.15, -0.1) is 0 Å². The Labute approximate surface area is 106 Å². The van der Waals surface area contributed by atoms with Crippen molar-refractivity contribution in [2.75, 3.05) is 0 Å². The zero-order valence-corrected chi connectivity index (χ0v) is 11.1. The van der Waals surface area contributed by atoms with Crippen LogP contribution in [0.5, 0.6) is 0 Å². The van der Waals surface area contributed by atoms with Crippen molar-refractivity contribution in [1.29, 1.82) is 0 Å². The van der Waals surface area contributed by atoms with Gasteiger partial charge in [0.1, 0.15) is 0 Å². The molecule has 0 spiro atoms. The smallest absolute Gasteiger partial charge is 0.330 e. The molecule has 0 fully saturated rings. The maximum atomic E-state index is 9.70. The van der Waals surface area contributed by atoms with Gasteiger partial charge in [-0.2, -0.15) is 0 Å². The molecular weight excluding hydrogens is 240 g/mol. The monoisotopic (exact) mass is 260 g/mol. The minimum atomic E-state index is -0.935. The fourth-order valence-corrected chi connectivity index (χ4v) is 0. The van der Waals surface area contributed by atoms with E-state index in [0.29, 0.717) is 0 Å². The largest absolute Gasteiger partial charge is 0.481 e. The predicted molar refractivity (Wildman–Crippen MR) is 67.4 cm³/mol. The number of hydrogen-bond donors (Lipinski definition) is 3. The number of rotatable bonds is 3. The van der Waals surface area contributed by atoms with E-state index in [-0.39, 0.29) is 17.1 Å². The molecular formula is C12H20O6. The standard InChI is InChI=1S/C4H8O2.2C4H6O2/c3*1-3(2)4(5)6/h3H,1-2H3,(H,5,6);2*1H2,2H3,(H,5,6). The van der Waals surface area contributed by atoms with Crippen molar-refractivity contribution in [3.05, 3.63) is 24.3 Å². The molecule has 0 aliphatic carbocycles. The summed E-state index contributed by atoms with van der Waals surface area (Å²) in [5.74, 6) is -2.84. The third kappa shape index (κ3) is 23.6. The van der Waals surface area contributed by atoms with Gasteiger partial charge >= 0.3 is 17.9 Å². The van der Waals surface area contributed by atoms with E-state index in [1.807, 2.05) is 0 Å². The van der Waals surface area contributed by atoms with E-state index in [4.69, 9.17) is 15.3 Å². The molecule has 0 amide bonds. The van der Waals surface area contributed by atoms with Crippen LogP contribution in [0.25, 0.3) is 0 Å². The molecule has 3 N–H and O–H groups in total. The minimum absolute atomic E-state index is 0.176. The molecule has 0 aliphatic rings. The van der Waals surface area contributed by atoms with Crippen LogP contribution < -0.4 is 0 Å². The zero-order valence-electron chi connectivity index (χ0n) is 11.1. The van der Waals surface area contributed by atoms with Crippen LogP contribution in [0.3, 0.4) is 0 Å². The van der Waals surface area contributed by atoms with Crippen LogP contribution in [-0.2, 0) is 14.4 Å². The van der Waals surface area contributed by atoms with Crippen molar-refractivity contribution >= 4 is 17.9 Å². The second kappa shape index (κ2) is 11.4. The molecule has 0 saturated carbocycles. The summed E-state index contributed by atoms with van der Waals surface area (Å²) in [4.78, 5) is 28.9. The van der Waals surface area contributed by atoms with Crippen LogP contribution in [-0.4, -0.2) is 33.2 Å². The van der Waals surface area contributed by atoms with Gasteiger partial charge in [-0.05, 0) is 13.8 Å². The Balaban J connectivity index is -0.000000187. The first kappa shape index (κ1) is 21.2. The molecule has 0 heterocycles. The third-order valence-electron chi connectivity index (χ3n) is 1.22. The van der Waals surface area contributed by atoms with Crippen LogP contribution in [0, 0.1) is 5.92 Å². The Bertz CT molecular complexity index is 279. The lowest BCUT2D eigenvalue weighted by atomic mass is 10.2. The van der Waals surface area contributed by atoms with E-state index in [1.165, 1.54) is 13.8 Å². The Morgan fingerprint density at radius 2 is 0.944 bits per heavy atom. The second-order valence-corrected chi connectivity index (χ2v) is 3.66. The average Bonchev–Trinajstić information content (AvgIpc) is 2.18. The molecule has 0 rings (SSSR count). The maximum Gasteiger partial charge on any atom is 0.330 e. The van der Waals surface area contributed by atoms with Crippen molar-refractivity contribution in [2.45, 2.75) is 27.7 Å². The van der Waals surface area contributed by atoms with Gasteiger partial charge in [-0.25, -0.2) is 9.59 Å². The lowest BCUT2D eigenvalue weighted by molar-refractivity contribution is -0.140. The lowest BCUT2D eigenvalue weighted by Gasteiger charge is -1.89. The van der Waals surface area contributed by atoms with E-state index in [0.717, 1.165) is 0 Å². The van der Waals surface area contributed by atoms with E-state index in [2.05, 4.69) is 13.2 Å². The quantitative estimate of drug-likeness (QED) is 0.669. The highest BCUT2D eigenvalue weighted by molar-refractivity contribution is 5.85. The second-order valence-electron chi connectivity index (χ2n) is 3.66. The van der Waals surface area contributed by atoms with E-state index < -0.39 is 17.9 Å². The summed E-state index contributed by atoms with van der Waals surface area (Å²) in [6.07, 6.45) is 0. The molecule has 0 aromatic carbocycles. The summed E-state index contributed by atoms with van der Waals surface area (Å²) in [5.41, 5.74) is 0.352. The molecule has 0 aromatic heterocycles. The first-order valence-electron chi connectivity index (χ1n) is 4.93. The van der Waals surface area contributed by atoms with Crippen molar-refractivity contribution in [3.8, 4) is 0 Å². The van der Waals surface area contributed by atoms with Crippen molar-refractivity contribution < 1.29 is 29.7 Å². The average molecular weight is 260 g/mol. The Kier molecular flexibility index (Phi) is 13.4. The molecule has 0 bridgehead atoms. The Morgan fingerprint density at radius 3 is 0.944 bits per heavy atom. The van der Waals surface area contributed by atoms with Gasteiger partial charge in [0.05, 0.1) is 5.92 Å². The molecule has 6 nitrogen and oxygen atoms in total. The van der Waals surface area contributed by atoms with Gasteiger partial charge in [-0.1, -0.05) is 27.0 Å². The molecule has 0 unspecified atom stereocenters. The third-order valence-corrected chi connectivity index (χ3v) is 1.22. The number of carbonyl (C=O) groups is 3. The SMILES string of the molecule is C=C(C)C(=O)O.C=C(C)C(=O)O.CC(C)C(=O)O. The van der Waals surface area contributed by atoms with Crippen LogP contribution in [0.15, 0.2) is 24.3 Å². The van der Waals surface area contributed by atoms with Crippen molar-refractivity contribution in [1.82, 2.24) is 0 Å². The van der Waals surface area contributed by atoms with Gasteiger partial charge in [0.15, 0.2) is 0 Å². The van der Waals surface area contributed by atoms with Crippen LogP contribution in [0.4, 0.5) is 0 Å². The highest BCUT2D eigenvalue weighted by atomic mass is 16.4. The van der Waals surface area contributed by atoms with E-state index in [1.54, 1.807) is 13.8 Å². The van der Waals surface area contributed by atoms with Crippen LogP contribution in [0.1, 0.15) is 27.7 Å². The number of carboxylic acids is 3. The van der Waals surface area contributed by atoms with Gasteiger partial charge in [0.2, 0.25) is 0 Å². The number of hydrogen-bond acceptors (Lipinski definition) is 3. The van der Waals surface area contributed by atoms with E-state index in [9.17, 15) is 14.4 Å². The Morgan fingerprint density at radius 1 is 0.833 bits per heavy atom. The first-order chi connectivity index (χ1) is 7.93. The molecule has 0 aromatic rings. The normalized spacial score (nSPS) is 8.06. The molecule has 104 valence electrons. The molecule has 0 aliphatic heterocycles. The van der Waals surface area contributed by atoms with Gasteiger partial charge in [0.25, 0.3) is 0 Å². The summed E-state index contributed by atoms with van der Waals surface area (Å²) in [7, 11) is 0. The van der Waals surface area contributed by atoms with Crippen LogP contribution in [0.2, 0.25) is 0 Å². The highest BCUT2D eigenvalue weighted by Crippen LogP contribution is 1.87. The molecule has 18 heavy (non-hydrogen) atoms. The topological polar surface area (TPSA) is 112 Å². The van der Waals surface area contributed by atoms with Gasteiger partial charge in [-0.3, -0.25) is 4.79 Å². The first-order valence-corrected chi connectivity index (χ1v) is 4.93. The van der Waals surface area contributed by atoms with Crippen molar-refractivity contribution in [3.63, 3.8) is 0 Å². The predicted octanol–water partition coefficient (Wildman–Crippen LogP) is 2.02. The fourth-order valence-electron chi connectivity index (χ4n) is 0. The summed E-state index contributed by atoms with van der Waals surface area (Å²) >= 11 is 0. The molecule has 6 heteroatoms. The van der Waals surface area contributed by atoms with Gasteiger partial charge < -0.3 is 15.3 Å². The number of carboxylic acid groups (broad SMARTS) is 3. The lowest BCUT2D eigenvalue weighted by Crippen LogP contribution is -2.03. The summed E-state index contributed by atoms with van der Waals surface area (Å²) in [5, 5.41) is 23.8. The summed E-state index contributed by atoms with van der Waals surface area (Å²) in [6.45, 7) is 12.5. The van der Waals surface area contributed by atoms with Gasteiger partial charge in [0, 0.05) is 11.1 Å². The molecule has 0 radical (unpaired) electrons. The summed E-state index contributed by atoms with van der Waals surface area (Å²) in [6, 6.07) is 0. The fraction of sp³-hybridized carbons (Fsp3) is 0.417. The number of aliphatic carboxylic acids is 3. The van der Waals surface area contributed by atoms with Crippen molar-refractivity contribution in [2.24, 2.45) is 5.92 Å². The highest BCUT2D eigenvalue weighted by Gasteiger charge is 1.99.